The Kier molecular flexibility index (Phi) is 5.68. The van der Waals surface area contributed by atoms with Crippen LogP contribution in [0.15, 0.2) is 77.7 Å². The highest BCUT2D eigenvalue weighted by atomic mass is 35.5. The van der Waals surface area contributed by atoms with Gasteiger partial charge in [0.05, 0.1) is 24.2 Å². The van der Waals surface area contributed by atoms with Crippen LogP contribution in [0.3, 0.4) is 0 Å². The number of sulfonamides is 1. The molecule has 0 atom stereocenters. The van der Waals surface area contributed by atoms with Gasteiger partial charge in [0.2, 0.25) is 0 Å². The predicted octanol–water partition coefficient (Wildman–Crippen LogP) is 4.88. The highest BCUT2D eigenvalue weighted by Crippen LogP contribution is 2.27. The lowest BCUT2D eigenvalue weighted by Crippen LogP contribution is -2.30. The molecule has 0 heterocycles. The number of halogens is 2. The Morgan fingerprint density at radius 3 is 2.07 bits per heavy atom. The van der Waals surface area contributed by atoms with E-state index >= 15 is 0 Å². The summed E-state index contributed by atoms with van der Waals surface area (Å²) >= 11 is 5.91. The van der Waals surface area contributed by atoms with E-state index < -0.39 is 15.8 Å². The second-order valence-electron chi connectivity index (χ2n) is 5.79. The molecule has 3 aromatic carbocycles. The molecular formula is C20H17ClFNO3S. The van der Waals surface area contributed by atoms with Crippen molar-refractivity contribution in [2.24, 2.45) is 0 Å². The van der Waals surface area contributed by atoms with Gasteiger partial charge in [0.1, 0.15) is 11.6 Å². The molecule has 0 saturated carbocycles. The van der Waals surface area contributed by atoms with Crippen molar-refractivity contribution in [3.63, 3.8) is 0 Å². The zero-order valence-electron chi connectivity index (χ0n) is 14.5. The van der Waals surface area contributed by atoms with E-state index in [2.05, 4.69) is 0 Å². The quantitative estimate of drug-likeness (QED) is 0.587. The van der Waals surface area contributed by atoms with Crippen molar-refractivity contribution in [3.8, 4) is 5.75 Å². The van der Waals surface area contributed by atoms with Gasteiger partial charge >= 0.3 is 0 Å². The first kappa shape index (κ1) is 19.2. The van der Waals surface area contributed by atoms with Crippen molar-refractivity contribution < 1.29 is 17.5 Å². The SMILES string of the molecule is COc1ccc(S(=O)(=O)N(Cc2ccc(Cl)cc2)c2ccc(F)cc2)cc1. The smallest absolute Gasteiger partial charge is 0.264 e. The number of methoxy groups -OCH3 is 1. The van der Waals surface area contributed by atoms with E-state index in [9.17, 15) is 12.8 Å². The summed E-state index contributed by atoms with van der Waals surface area (Å²) in [7, 11) is -2.37. The van der Waals surface area contributed by atoms with Crippen LogP contribution in [0.4, 0.5) is 10.1 Å². The van der Waals surface area contributed by atoms with Crippen LogP contribution in [-0.4, -0.2) is 15.5 Å². The minimum atomic E-state index is -3.88. The van der Waals surface area contributed by atoms with Crippen molar-refractivity contribution in [1.29, 1.82) is 0 Å². The monoisotopic (exact) mass is 405 g/mol. The topological polar surface area (TPSA) is 46.6 Å². The minimum Gasteiger partial charge on any atom is -0.497 e. The molecule has 4 nitrogen and oxygen atoms in total. The summed E-state index contributed by atoms with van der Waals surface area (Å²) in [6.07, 6.45) is 0. The van der Waals surface area contributed by atoms with Crippen molar-refractivity contribution in [2.45, 2.75) is 11.4 Å². The summed E-state index contributed by atoms with van der Waals surface area (Å²) in [4.78, 5) is 0.113. The van der Waals surface area contributed by atoms with Gasteiger partial charge < -0.3 is 4.74 Å². The highest BCUT2D eigenvalue weighted by Gasteiger charge is 2.25. The summed E-state index contributed by atoms with van der Waals surface area (Å²) in [5, 5.41) is 0.560. The van der Waals surface area contributed by atoms with E-state index in [0.29, 0.717) is 16.5 Å². The molecule has 3 aromatic rings. The molecule has 0 aliphatic rings. The van der Waals surface area contributed by atoms with Crippen LogP contribution in [0, 0.1) is 5.82 Å². The standard InChI is InChI=1S/C20H17ClFNO3S/c1-26-19-10-12-20(13-11-19)27(24,25)23(18-8-6-17(22)7-9-18)14-15-2-4-16(21)5-3-15/h2-13H,14H2,1H3. The Balaban J connectivity index is 2.03. The number of rotatable bonds is 6. The van der Waals surface area contributed by atoms with E-state index in [1.807, 2.05) is 0 Å². The van der Waals surface area contributed by atoms with E-state index in [1.165, 1.54) is 47.8 Å². The zero-order chi connectivity index (χ0) is 19.4. The predicted molar refractivity (Wildman–Crippen MR) is 104 cm³/mol. The van der Waals surface area contributed by atoms with Gasteiger partial charge in [-0.3, -0.25) is 4.31 Å². The van der Waals surface area contributed by atoms with Crippen LogP contribution >= 0.6 is 11.6 Å². The summed E-state index contributed by atoms with van der Waals surface area (Å²) in [5.74, 6) is 0.118. The molecule has 0 N–H and O–H groups in total. The molecule has 27 heavy (non-hydrogen) atoms. The van der Waals surface area contributed by atoms with Gasteiger partial charge in [0.25, 0.3) is 10.0 Å². The van der Waals surface area contributed by atoms with Crippen molar-refractivity contribution in [3.05, 3.63) is 89.2 Å². The maximum Gasteiger partial charge on any atom is 0.264 e. The summed E-state index contributed by atoms with van der Waals surface area (Å²) in [6, 6.07) is 18.3. The average molecular weight is 406 g/mol. The second-order valence-corrected chi connectivity index (χ2v) is 8.09. The molecule has 0 aromatic heterocycles. The van der Waals surface area contributed by atoms with Crippen LogP contribution < -0.4 is 9.04 Å². The lowest BCUT2D eigenvalue weighted by Gasteiger charge is -2.25. The molecule has 0 amide bonds. The summed E-state index contributed by atoms with van der Waals surface area (Å²) in [6.45, 7) is 0.0805. The van der Waals surface area contributed by atoms with Gasteiger partial charge in [-0.15, -0.1) is 0 Å². The molecule has 0 fully saturated rings. The number of anilines is 1. The number of benzene rings is 3. The molecule has 3 rings (SSSR count). The van der Waals surface area contributed by atoms with Gasteiger partial charge in [0.15, 0.2) is 0 Å². The van der Waals surface area contributed by atoms with Gasteiger partial charge in [-0.2, -0.15) is 0 Å². The zero-order valence-corrected chi connectivity index (χ0v) is 16.0. The third kappa shape index (κ3) is 4.40. The minimum absolute atomic E-state index is 0.0805. The molecule has 0 unspecified atom stereocenters. The van der Waals surface area contributed by atoms with Crippen molar-refractivity contribution in [1.82, 2.24) is 0 Å². The van der Waals surface area contributed by atoms with Crippen LogP contribution in [-0.2, 0) is 16.6 Å². The fourth-order valence-corrected chi connectivity index (χ4v) is 4.13. The average Bonchev–Trinajstić information content (AvgIpc) is 2.68. The molecule has 0 radical (unpaired) electrons. The van der Waals surface area contributed by atoms with Crippen molar-refractivity contribution >= 4 is 27.3 Å². The Morgan fingerprint density at radius 2 is 1.52 bits per heavy atom. The number of ether oxygens (including phenoxy) is 1. The molecule has 7 heteroatoms. The van der Waals surface area contributed by atoms with Crippen molar-refractivity contribution in [2.75, 3.05) is 11.4 Å². The van der Waals surface area contributed by atoms with E-state index in [0.717, 1.165) is 5.56 Å². The van der Waals surface area contributed by atoms with Crippen LogP contribution in [0.2, 0.25) is 5.02 Å². The fraction of sp³-hybridized carbons (Fsp3) is 0.100. The highest BCUT2D eigenvalue weighted by molar-refractivity contribution is 7.92. The Labute approximate surface area is 162 Å². The maximum absolute atomic E-state index is 13.3. The normalized spacial score (nSPS) is 11.2. The second kappa shape index (κ2) is 7.98. The first-order valence-corrected chi connectivity index (χ1v) is 9.89. The number of hydrogen-bond donors (Lipinski definition) is 0. The lowest BCUT2D eigenvalue weighted by atomic mass is 10.2. The first-order valence-electron chi connectivity index (χ1n) is 8.07. The van der Waals surface area contributed by atoms with E-state index in [4.69, 9.17) is 16.3 Å². The number of hydrogen-bond acceptors (Lipinski definition) is 3. The first-order chi connectivity index (χ1) is 12.9. The third-order valence-electron chi connectivity index (χ3n) is 4.00. The van der Waals surface area contributed by atoms with Gasteiger partial charge in [0, 0.05) is 5.02 Å². The Bertz CT molecular complexity index is 1000. The molecule has 0 aliphatic heterocycles. The van der Waals surface area contributed by atoms with Crippen LogP contribution in [0.5, 0.6) is 5.75 Å². The molecule has 140 valence electrons. The summed E-state index contributed by atoms with van der Waals surface area (Å²) in [5.41, 5.74) is 1.11. The van der Waals surface area contributed by atoms with E-state index in [1.54, 1.807) is 36.4 Å². The Morgan fingerprint density at radius 1 is 0.926 bits per heavy atom. The lowest BCUT2D eigenvalue weighted by molar-refractivity contribution is 0.414. The maximum atomic E-state index is 13.3. The van der Waals surface area contributed by atoms with Gasteiger partial charge in [-0.1, -0.05) is 23.7 Å². The van der Waals surface area contributed by atoms with Crippen LogP contribution in [0.1, 0.15) is 5.56 Å². The molecule has 0 aliphatic carbocycles. The van der Waals surface area contributed by atoms with E-state index in [-0.39, 0.29) is 11.4 Å². The molecule has 0 spiro atoms. The van der Waals surface area contributed by atoms with Crippen LogP contribution in [0.25, 0.3) is 0 Å². The fourth-order valence-electron chi connectivity index (χ4n) is 2.55. The Hall–Kier alpha value is -2.57. The molecular weight excluding hydrogens is 389 g/mol. The van der Waals surface area contributed by atoms with Gasteiger partial charge in [-0.05, 0) is 66.2 Å². The molecule has 0 bridgehead atoms. The van der Waals surface area contributed by atoms with Gasteiger partial charge in [-0.25, -0.2) is 12.8 Å². The summed E-state index contributed by atoms with van der Waals surface area (Å²) < 4.78 is 46.2. The largest absolute Gasteiger partial charge is 0.497 e. The number of nitrogens with zero attached hydrogens (tertiary/aromatic N) is 1. The molecule has 0 saturated heterocycles. The third-order valence-corrected chi connectivity index (χ3v) is 6.04.